The molecule has 0 fully saturated rings. The normalized spacial score (nSPS) is 14.5. The van der Waals surface area contributed by atoms with Crippen molar-refractivity contribution in [2.24, 2.45) is 7.05 Å². The first-order valence-electron chi connectivity index (χ1n) is 12.7. The van der Waals surface area contributed by atoms with Crippen LogP contribution in [0.15, 0.2) is 108 Å². The van der Waals surface area contributed by atoms with Gasteiger partial charge in [-0.2, -0.15) is 15.8 Å². The number of benzene rings is 3. The molecular weight excluding hydrogens is 492 g/mol. The number of hydrogen-bond acceptors (Lipinski definition) is 4. The summed E-state index contributed by atoms with van der Waals surface area (Å²) in [4.78, 5) is 5.07. The second-order valence-corrected chi connectivity index (χ2v) is 9.50. The number of aromatic nitrogens is 3. The van der Waals surface area contributed by atoms with E-state index in [1.807, 2.05) is 98.1 Å². The Morgan fingerprint density at radius 1 is 0.775 bits per heavy atom. The lowest BCUT2D eigenvalue weighted by Gasteiger charge is -2.10. The van der Waals surface area contributed by atoms with E-state index < -0.39 is 0 Å². The lowest BCUT2D eigenvalue weighted by molar-refractivity contribution is 0.957. The zero-order valence-electron chi connectivity index (χ0n) is 21.9. The molecule has 0 atom stereocenters. The maximum absolute atomic E-state index is 9.93. The van der Waals surface area contributed by atoms with Crippen molar-refractivity contribution in [3.8, 4) is 35.3 Å². The van der Waals surface area contributed by atoms with Crippen molar-refractivity contribution in [3.63, 3.8) is 0 Å². The Hall–Kier alpha value is -5.90. The lowest BCUT2D eigenvalue weighted by atomic mass is 9.96. The van der Waals surface area contributed by atoms with E-state index in [2.05, 4.69) is 33.4 Å². The molecule has 6 nitrogen and oxygen atoms in total. The van der Waals surface area contributed by atoms with E-state index in [0.29, 0.717) is 16.7 Å². The maximum atomic E-state index is 9.93. The molecule has 0 unspecified atom stereocenters. The molecular formula is C34H22N6. The van der Waals surface area contributed by atoms with Crippen molar-refractivity contribution < 1.29 is 0 Å². The van der Waals surface area contributed by atoms with E-state index in [1.54, 1.807) is 6.92 Å². The topological polar surface area (TPSA) is 94.1 Å². The van der Waals surface area contributed by atoms with Crippen LogP contribution < -0.4 is 0 Å². The molecule has 0 amide bonds. The van der Waals surface area contributed by atoms with E-state index in [4.69, 9.17) is 4.98 Å². The molecule has 6 heteroatoms. The van der Waals surface area contributed by atoms with Crippen LogP contribution in [-0.4, -0.2) is 14.1 Å². The standard InChI is InChI=1S/C34H22N6/c1-22(19-35)31-27-15-9-10-16-28(27)32(24(20-36)21-37)29(31)17-26-18-30-34(40(26)25-13-7-4-8-14-25)38-33(39(30)2)23-11-5-3-6-12-23/h3-18H,1-2H3/b29-17-,31-22+. The number of fused-ring (bicyclic) bond motifs is 2. The second kappa shape index (κ2) is 9.76. The number of hydrogen-bond donors (Lipinski definition) is 0. The summed E-state index contributed by atoms with van der Waals surface area (Å²) in [5, 5.41) is 29.8. The molecule has 40 heavy (non-hydrogen) atoms. The minimum absolute atomic E-state index is 0.00583. The summed E-state index contributed by atoms with van der Waals surface area (Å²) >= 11 is 0. The van der Waals surface area contributed by atoms with Crippen LogP contribution in [0.25, 0.3) is 45.5 Å². The van der Waals surface area contributed by atoms with E-state index in [1.165, 1.54) is 0 Å². The lowest BCUT2D eigenvalue weighted by Crippen LogP contribution is -1.99. The molecule has 5 aromatic rings. The van der Waals surface area contributed by atoms with Gasteiger partial charge in [-0.3, -0.25) is 4.57 Å². The largest absolute Gasteiger partial charge is 0.326 e. The summed E-state index contributed by atoms with van der Waals surface area (Å²) < 4.78 is 4.15. The monoisotopic (exact) mass is 514 g/mol. The maximum Gasteiger partial charge on any atom is 0.164 e. The minimum atomic E-state index is 0.00583. The molecule has 0 bridgehead atoms. The Kier molecular flexibility index (Phi) is 5.97. The van der Waals surface area contributed by atoms with E-state index in [-0.39, 0.29) is 5.57 Å². The van der Waals surface area contributed by atoms with Crippen LogP contribution in [0.1, 0.15) is 23.7 Å². The van der Waals surface area contributed by atoms with Crippen LogP contribution in [0.4, 0.5) is 0 Å². The van der Waals surface area contributed by atoms with Gasteiger partial charge in [0.2, 0.25) is 0 Å². The summed E-state index contributed by atoms with van der Waals surface area (Å²) in [7, 11) is 2.00. The van der Waals surface area contributed by atoms with E-state index in [9.17, 15) is 15.8 Å². The van der Waals surface area contributed by atoms with Gasteiger partial charge < -0.3 is 4.57 Å². The molecule has 0 saturated heterocycles. The highest BCUT2D eigenvalue weighted by Crippen LogP contribution is 2.49. The first-order valence-corrected chi connectivity index (χ1v) is 12.7. The fourth-order valence-corrected chi connectivity index (χ4v) is 5.44. The van der Waals surface area contributed by atoms with E-state index >= 15 is 0 Å². The summed E-state index contributed by atoms with van der Waals surface area (Å²) in [6.07, 6.45) is 1.97. The van der Waals surface area contributed by atoms with Crippen LogP contribution in [0.3, 0.4) is 0 Å². The van der Waals surface area contributed by atoms with Crippen LogP contribution in [0.5, 0.6) is 0 Å². The Labute approximate surface area is 231 Å². The number of nitrogens with zero attached hydrogens (tertiary/aromatic N) is 6. The average Bonchev–Trinajstić information content (AvgIpc) is 3.63. The van der Waals surface area contributed by atoms with Crippen molar-refractivity contribution in [3.05, 3.63) is 125 Å². The van der Waals surface area contributed by atoms with Crippen LogP contribution in [-0.2, 0) is 7.05 Å². The molecule has 0 N–H and O–H groups in total. The van der Waals surface area contributed by atoms with Crippen molar-refractivity contribution in [2.45, 2.75) is 6.92 Å². The van der Waals surface area contributed by atoms with Gasteiger partial charge in [0, 0.05) is 35.0 Å². The van der Waals surface area contributed by atoms with E-state index in [0.717, 1.165) is 50.6 Å². The van der Waals surface area contributed by atoms with Crippen molar-refractivity contribution >= 4 is 28.4 Å². The first kappa shape index (κ1) is 24.4. The number of aryl methyl sites for hydroxylation is 1. The summed E-state index contributed by atoms with van der Waals surface area (Å²) in [6.45, 7) is 1.77. The van der Waals surface area contributed by atoms with Crippen LogP contribution >= 0.6 is 0 Å². The number of rotatable bonds is 3. The molecule has 0 spiro atoms. The minimum Gasteiger partial charge on any atom is -0.326 e. The highest BCUT2D eigenvalue weighted by molar-refractivity contribution is 6.14. The molecule has 0 saturated carbocycles. The third-order valence-corrected chi connectivity index (χ3v) is 7.23. The Balaban J connectivity index is 1.70. The highest BCUT2D eigenvalue weighted by atomic mass is 15.2. The summed E-state index contributed by atoms with van der Waals surface area (Å²) in [5.74, 6) is 0.848. The van der Waals surface area contributed by atoms with Gasteiger partial charge in [-0.15, -0.1) is 0 Å². The molecule has 2 heterocycles. The molecule has 3 aromatic carbocycles. The second-order valence-electron chi connectivity index (χ2n) is 9.50. The molecule has 1 aliphatic carbocycles. The number of allylic oxidation sites excluding steroid dienone is 5. The molecule has 188 valence electrons. The zero-order chi connectivity index (χ0) is 27.8. The number of para-hydroxylation sites is 1. The smallest absolute Gasteiger partial charge is 0.164 e. The zero-order valence-corrected chi connectivity index (χ0v) is 21.9. The molecule has 0 radical (unpaired) electrons. The van der Waals surface area contributed by atoms with Crippen molar-refractivity contribution in [1.82, 2.24) is 14.1 Å². The Morgan fingerprint density at radius 2 is 1.38 bits per heavy atom. The van der Waals surface area contributed by atoms with Gasteiger partial charge in [0.15, 0.2) is 5.65 Å². The third-order valence-electron chi connectivity index (χ3n) is 7.23. The van der Waals surface area contributed by atoms with Gasteiger partial charge in [0.25, 0.3) is 0 Å². The summed E-state index contributed by atoms with van der Waals surface area (Å²) in [6, 6.07) is 36.1. The highest BCUT2D eigenvalue weighted by Gasteiger charge is 2.31. The van der Waals surface area contributed by atoms with Gasteiger partial charge in [-0.05, 0) is 47.9 Å². The Morgan fingerprint density at radius 3 is 2.00 bits per heavy atom. The molecule has 1 aliphatic rings. The molecule has 0 aliphatic heterocycles. The molecule has 2 aromatic heterocycles. The number of nitriles is 3. The predicted molar refractivity (Wildman–Crippen MR) is 156 cm³/mol. The average molecular weight is 515 g/mol. The third kappa shape index (κ3) is 3.74. The fraction of sp³-hybridized carbons (Fsp3) is 0.0588. The molecule has 6 rings (SSSR count). The van der Waals surface area contributed by atoms with Crippen molar-refractivity contribution in [2.75, 3.05) is 0 Å². The van der Waals surface area contributed by atoms with Gasteiger partial charge in [0.1, 0.15) is 23.5 Å². The number of imidazole rings is 1. The predicted octanol–water partition coefficient (Wildman–Crippen LogP) is 7.23. The van der Waals surface area contributed by atoms with Gasteiger partial charge in [-0.25, -0.2) is 4.98 Å². The van der Waals surface area contributed by atoms with Crippen LogP contribution in [0, 0.1) is 34.0 Å². The first-order chi connectivity index (χ1) is 19.6. The van der Waals surface area contributed by atoms with Crippen LogP contribution in [0.2, 0.25) is 0 Å². The summed E-state index contributed by atoms with van der Waals surface area (Å²) in [5.41, 5.74) is 8.50. The van der Waals surface area contributed by atoms with Gasteiger partial charge in [-0.1, -0.05) is 72.8 Å². The SMILES string of the molecule is C/C(C#N)=C1\C(=C\c2cc3c(nc(-c4ccccc4)n3C)n2-c2ccccc2)C(=C(C#N)C#N)c2ccccc21. The Bertz CT molecular complexity index is 2010. The van der Waals surface area contributed by atoms with Gasteiger partial charge in [0.05, 0.1) is 17.3 Å². The van der Waals surface area contributed by atoms with Crippen molar-refractivity contribution in [1.29, 1.82) is 15.8 Å². The fourth-order valence-electron chi connectivity index (χ4n) is 5.44. The van der Waals surface area contributed by atoms with Gasteiger partial charge >= 0.3 is 0 Å². The quantitative estimate of drug-likeness (QED) is 0.237.